The second kappa shape index (κ2) is 10.1. The Morgan fingerprint density at radius 2 is 1.97 bits per heavy atom. The van der Waals surface area contributed by atoms with Crippen molar-refractivity contribution in [3.8, 4) is 0 Å². The van der Waals surface area contributed by atoms with Crippen molar-refractivity contribution in [3.63, 3.8) is 0 Å². The van der Waals surface area contributed by atoms with Gasteiger partial charge in [0, 0.05) is 7.05 Å². The summed E-state index contributed by atoms with van der Waals surface area (Å²) in [5, 5.41) is 4.64. The van der Waals surface area contributed by atoms with Crippen LogP contribution in [0.15, 0.2) is 30.3 Å². The standard InChI is InChI=1S/C17H23N3O8S/c1-18-15(21)14(19-16(22)27-11-12-6-4-3-5-7-12)13(28-29(2,24)25)10-20-8-9-26-17(20)23/h3-7,13-14H,8-11H2,1-2H3,(H,18,21)(H,19,22)/t13-,14-/m0/s1. The van der Waals surface area contributed by atoms with Crippen molar-refractivity contribution in [1.29, 1.82) is 0 Å². The first-order valence-electron chi connectivity index (χ1n) is 8.68. The molecule has 0 aliphatic carbocycles. The fourth-order valence-corrected chi connectivity index (χ4v) is 3.22. The van der Waals surface area contributed by atoms with Crippen LogP contribution < -0.4 is 10.6 Å². The molecular weight excluding hydrogens is 406 g/mol. The number of hydrogen-bond acceptors (Lipinski definition) is 8. The molecule has 1 heterocycles. The first-order chi connectivity index (χ1) is 13.7. The van der Waals surface area contributed by atoms with Gasteiger partial charge in [-0.2, -0.15) is 8.42 Å². The summed E-state index contributed by atoms with van der Waals surface area (Å²) in [4.78, 5) is 37.4. The summed E-state index contributed by atoms with van der Waals surface area (Å²) in [5.41, 5.74) is 0.725. The Kier molecular flexibility index (Phi) is 7.79. The van der Waals surface area contributed by atoms with E-state index in [1.165, 1.54) is 11.9 Å². The second-order valence-corrected chi connectivity index (χ2v) is 7.80. The third-order valence-corrected chi connectivity index (χ3v) is 4.53. The summed E-state index contributed by atoms with van der Waals surface area (Å²) < 4.78 is 38.2. The zero-order valence-electron chi connectivity index (χ0n) is 16.0. The number of nitrogens with one attached hydrogen (secondary N) is 2. The summed E-state index contributed by atoms with van der Waals surface area (Å²) in [6.07, 6.45) is -2.21. The molecule has 1 saturated heterocycles. The van der Waals surface area contributed by atoms with Crippen LogP contribution in [0.3, 0.4) is 0 Å². The summed E-state index contributed by atoms with van der Waals surface area (Å²) in [6.45, 7) is -0.0187. The number of likely N-dealkylation sites (N-methyl/N-ethyl adjacent to an activating group) is 1. The van der Waals surface area contributed by atoms with Crippen LogP contribution in [0.4, 0.5) is 9.59 Å². The Hall–Kier alpha value is -2.86. The number of carbonyl (C=O) groups is 3. The molecule has 1 aromatic carbocycles. The van der Waals surface area contributed by atoms with E-state index in [9.17, 15) is 22.8 Å². The maximum atomic E-state index is 12.3. The van der Waals surface area contributed by atoms with Crippen molar-refractivity contribution in [2.24, 2.45) is 0 Å². The van der Waals surface area contributed by atoms with E-state index in [1.54, 1.807) is 24.3 Å². The normalized spacial score (nSPS) is 15.9. The van der Waals surface area contributed by atoms with Gasteiger partial charge in [0.15, 0.2) is 0 Å². The quantitative estimate of drug-likeness (QED) is 0.516. The third-order valence-electron chi connectivity index (χ3n) is 3.93. The van der Waals surface area contributed by atoms with Gasteiger partial charge in [0.1, 0.15) is 25.4 Å². The van der Waals surface area contributed by atoms with Gasteiger partial charge in [0.25, 0.3) is 10.1 Å². The Labute approximate surface area is 168 Å². The number of nitrogens with zero attached hydrogens (tertiary/aromatic N) is 1. The van der Waals surface area contributed by atoms with Crippen LogP contribution in [-0.4, -0.2) is 76.6 Å². The molecule has 0 spiro atoms. The van der Waals surface area contributed by atoms with Gasteiger partial charge in [-0.1, -0.05) is 30.3 Å². The molecule has 0 bridgehead atoms. The van der Waals surface area contributed by atoms with Crippen molar-refractivity contribution < 1.29 is 36.5 Å². The van der Waals surface area contributed by atoms with E-state index in [0.717, 1.165) is 11.8 Å². The maximum absolute atomic E-state index is 12.3. The highest BCUT2D eigenvalue weighted by atomic mass is 32.2. The van der Waals surface area contributed by atoms with E-state index < -0.39 is 40.4 Å². The molecule has 0 saturated carbocycles. The molecule has 2 atom stereocenters. The molecule has 12 heteroatoms. The van der Waals surface area contributed by atoms with E-state index in [0.29, 0.717) is 0 Å². The molecule has 0 aromatic heterocycles. The number of amides is 3. The molecule has 3 amide bonds. The molecule has 160 valence electrons. The Bertz CT molecular complexity index is 830. The molecule has 11 nitrogen and oxygen atoms in total. The molecule has 0 unspecified atom stereocenters. The van der Waals surface area contributed by atoms with Crippen molar-refractivity contribution in [1.82, 2.24) is 15.5 Å². The van der Waals surface area contributed by atoms with Crippen molar-refractivity contribution in [2.75, 3.05) is 33.0 Å². The van der Waals surface area contributed by atoms with Crippen LogP contribution in [0.1, 0.15) is 5.56 Å². The number of rotatable bonds is 9. The number of benzene rings is 1. The number of alkyl carbamates (subject to hydrolysis) is 1. The van der Waals surface area contributed by atoms with Crippen molar-refractivity contribution in [3.05, 3.63) is 35.9 Å². The van der Waals surface area contributed by atoms with E-state index in [4.69, 9.17) is 13.7 Å². The first-order valence-corrected chi connectivity index (χ1v) is 10.5. The minimum Gasteiger partial charge on any atom is -0.448 e. The summed E-state index contributed by atoms with van der Waals surface area (Å²) in [6, 6.07) is 7.41. The first kappa shape index (κ1) is 22.4. The van der Waals surface area contributed by atoms with E-state index in [-0.39, 0.29) is 26.3 Å². The lowest BCUT2D eigenvalue weighted by atomic mass is 10.1. The van der Waals surface area contributed by atoms with Gasteiger partial charge in [-0.05, 0) is 5.56 Å². The van der Waals surface area contributed by atoms with Gasteiger partial charge in [-0.25, -0.2) is 9.59 Å². The van der Waals surface area contributed by atoms with Crippen LogP contribution in [0.2, 0.25) is 0 Å². The van der Waals surface area contributed by atoms with Gasteiger partial charge >= 0.3 is 12.2 Å². The Morgan fingerprint density at radius 3 is 2.52 bits per heavy atom. The van der Waals surface area contributed by atoms with Crippen molar-refractivity contribution in [2.45, 2.75) is 18.8 Å². The zero-order chi connectivity index (χ0) is 21.4. The Balaban J connectivity index is 2.12. The van der Waals surface area contributed by atoms with Crippen LogP contribution in [0, 0.1) is 0 Å². The topological polar surface area (TPSA) is 140 Å². The molecule has 2 rings (SSSR count). The number of carbonyl (C=O) groups excluding carboxylic acids is 3. The van der Waals surface area contributed by atoms with Crippen LogP contribution in [0.25, 0.3) is 0 Å². The minimum absolute atomic E-state index is 0.0524. The van der Waals surface area contributed by atoms with Gasteiger partial charge < -0.3 is 25.0 Å². The summed E-state index contributed by atoms with van der Waals surface area (Å²) in [5.74, 6) is -0.720. The van der Waals surface area contributed by atoms with E-state index in [1.807, 2.05) is 6.07 Å². The molecule has 1 aromatic rings. The minimum atomic E-state index is -4.01. The smallest absolute Gasteiger partial charge is 0.410 e. The van der Waals surface area contributed by atoms with Crippen molar-refractivity contribution >= 4 is 28.2 Å². The highest BCUT2D eigenvalue weighted by molar-refractivity contribution is 7.86. The number of cyclic esters (lactones) is 1. The SMILES string of the molecule is CNC(=O)[C@@H](NC(=O)OCc1ccccc1)[C@H](CN1CCOC1=O)OS(C)(=O)=O. The fraction of sp³-hybridized carbons (Fsp3) is 0.471. The number of ether oxygens (including phenoxy) is 2. The highest BCUT2D eigenvalue weighted by Crippen LogP contribution is 2.12. The molecular formula is C17H23N3O8S. The lowest BCUT2D eigenvalue weighted by Crippen LogP contribution is -2.57. The molecule has 1 aliphatic heterocycles. The predicted molar refractivity (Wildman–Crippen MR) is 100 cm³/mol. The van der Waals surface area contributed by atoms with Crippen LogP contribution in [-0.2, 0) is 35.2 Å². The molecule has 29 heavy (non-hydrogen) atoms. The van der Waals surface area contributed by atoms with E-state index in [2.05, 4.69) is 10.6 Å². The second-order valence-electron chi connectivity index (χ2n) is 6.20. The molecule has 0 radical (unpaired) electrons. The third kappa shape index (κ3) is 7.23. The van der Waals surface area contributed by atoms with Crippen LogP contribution in [0.5, 0.6) is 0 Å². The average molecular weight is 429 g/mol. The highest BCUT2D eigenvalue weighted by Gasteiger charge is 2.37. The molecule has 1 aliphatic rings. The summed E-state index contributed by atoms with van der Waals surface area (Å²) >= 11 is 0. The molecule has 2 N–H and O–H groups in total. The lowest BCUT2D eigenvalue weighted by Gasteiger charge is -2.28. The van der Waals surface area contributed by atoms with Gasteiger partial charge in [-0.15, -0.1) is 0 Å². The summed E-state index contributed by atoms with van der Waals surface area (Å²) in [7, 11) is -2.70. The largest absolute Gasteiger partial charge is 0.448 e. The molecule has 1 fully saturated rings. The van der Waals surface area contributed by atoms with Gasteiger partial charge in [-0.3, -0.25) is 8.98 Å². The van der Waals surface area contributed by atoms with E-state index >= 15 is 0 Å². The van der Waals surface area contributed by atoms with Gasteiger partial charge in [0.2, 0.25) is 5.91 Å². The number of hydrogen-bond donors (Lipinski definition) is 2. The average Bonchev–Trinajstić information content (AvgIpc) is 3.07. The van der Waals surface area contributed by atoms with Crippen LogP contribution >= 0.6 is 0 Å². The lowest BCUT2D eigenvalue weighted by molar-refractivity contribution is -0.124. The Morgan fingerprint density at radius 1 is 1.28 bits per heavy atom. The fourth-order valence-electron chi connectivity index (χ4n) is 2.60. The predicted octanol–water partition coefficient (Wildman–Crippen LogP) is -0.176. The zero-order valence-corrected chi connectivity index (χ0v) is 16.8. The monoisotopic (exact) mass is 429 g/mol. The van der Waals surface area contributed by atoms with Gasteiger partial charge in [0.05, 0.1) is 19.3 Å². The maximum Gasteiger partial charge on any atom is 0.410 e.